The van der Waals surface area contributed by atoms with E-state index in [0.717, 1.165) is 0 Å². The van der Waals surface area contributed by atoms with Crippen LogP contribution in [-0.2, 0) is 16.0 Å². The van der Waals surface area contributed by atoms with Crippen LogP contribution < -0.4 is 0 Å². The molecule has 0 N–H and O–H groups in total. The number of hydrogen-bond acceptors (Lipinski definition) is 3. The molecule has 0 spiro atoms. The van der Waals surface area contributed by atoms with E-state index in [1.807, 2.05) is 12.3 Å². The lowest BCUT2D eigenvalue weighted by atomic mass is 10.3. The lowest BCUT2D eigenvalue weighted by molar-refractivity contribution is -0.142. The van der Waals surface area contributed by atoms with Gasteiger partial charge in [-0.05, 0) is 19.1 Å². The van der Waals surface area contributed by atoms with Gasteiger partial charge in [-0.25, -0.2) is 4.98 Å². The van der Waals surface area contributed by atoms with Gasteiger partial charge in [0, 0.05) is 12.4 Å². The highest BCUT2D eigenvalue weighted by atomic mass is 35.5. The Labute approximate surface area is 97.8 Å². The zero-order valence-electron chi connectivity index (χ0n) is 8.81. The molecule has 0 fully saturated rings. The van der Waals surface area contributed by atoms with E-state index in [9.17, 15) is 4.79 Å². The number of imidazole rings is 1. The first-order valence-corrected chi connectivity index (χ1v) is 5.36. The number of esters is 1. The molecule has 84 valence electrons. The van der Waals surface area contributed by atoms with Crippen molar-refractivity contribution in [3.05, 3.63) is 35.2 Å². The summed E-state index contributed by atoms with van der Waals surface area (Å²) in [5.74, 6) is -0.276. The molecular formula is C11H11ClN2O2. The van der Waals surface area contributed by atoms with Crippen LogP contribution in [0.15, 0.2) is 24.5 Å². The van der Waals surface area contributed by atoms with Crippen LogP contribution in [0.5, 0.6) is 0 Å². The van der Waals surface area contributed by atoms with E-state index in [0.29, 0.717) is 23.0 Å². The smallest absolute Gasteiger partial charge is 0.311 e. The van der Waals surface area contributed by atoms with Crippen LogP contribution in [0.1, 0.15) is 12.6 Å². The quantitative estimate of drug-likeness (QED) is 0.769. The standard InChI is InChI=1S/C11H11ClN2O2/c1-2-16-10(15)6-8-7-14-5-3-4-9(12)11(14)13-8/h3-5,7H,2,6H2,1H3. The van der Waals surface area contributed by atoms with E-state index >= 15 is 0 Å². The molecule has 2 rings (SSSR count). The van der Waals surface area contributed by atoms with Gasteiger partial charge >= 0.3 is 5.97 Å². The summed E-state index contributed by atoms with van der Waals surface area (Å²) in [5.41, 5.74) is 1.31. The van der Waals surface area contributed by atoms with Crippen molar-refractivity contribution in [2.45, 2.75) is 13.3 Å². The van der Waals surface area contributed by atoms with Gasteiger partial charge in [0.25, 0.3) is 0 Å². The molecule has 0 bridgehead atoms. The summed E-state index contributed by atoms with van der Waals surface area (Å²) >= 11 is 5.97. The molecule has 0 unspecified atom stereocenters. The molecule has 0 radical (unpaired) electrons. The van der Waals surface area contributed by atoms with Crippen LogP contribution in [0.4, 0.5) is 0 Å². The number of pyridine rings is 1. The van der Waals surface area contributed by atoms with Crippen LogP contribution in [0.3, 0.4) is 0 Å². The Bertz CT molecular complexity index is 522. The Kier molecular flexibility index (Phi) is 3.10. The lowest BCUT2D eigenvalue weighted by Crippen LogP contribution is -2.07. The van der Waals surface area contributed by atoms with E-state index in [2.05, 4.69) is 4.98 Å². The Balaban J connectivity index is 2.26. The van der Waals surface area contributed by atoms with Crippen LogP contribution in [0.2, 0.25) is 5.02 Å². The Hall–Kier alpha value is -1.55. The number of aromatic nitrogens is 2. The zero-order chi connectivity index (χ0) is 11.5. The Morgan fingerprint density at radius 2 is 2.44 bits per heavy atom. The third kappa shape index (κ3) is 2.17. The minimum atomic E-state index is -0.276. The second-order valence-corrected chi connectivity index (χ2v) is 3.71. The van der Waals surface area contributed by atoms with Crippen LogP contribution in [0, 0.1) is 0 Å². The zero-order valence-corrected chi connectivity index (χ0v) is 9.57. The highest BCUT2D eigenvalue weighted by Crippen LogP contribution is 2.16. The average molecular weight is 239 g/mol. The molecule has 2 heterocycles. The highest BCUT2D eigenvalue weighted by Gasteiger charge is 2.09. The number of carbonyl (C=O) groups excluding carboxylic acids is 1. The van der Waals surface area contributed by atoms with Crippen molar-refractivity contribution in [3.8, 4) is 0 Å². The number of nitrogens with zero attached hydrogens (tertiary/aromatic N) is 2. The van der Waals surface area contributed by atoms with Crippen molar-refractivity contribution in [2.75, 3.05) is 6.61 Å². The van der Waals surface area contributed by atoms with Gasteiger partial charge in [-0.2, -0.15) is 0 Å². The molecule has 0 aromatic carbocycles. The normalized spacial score (nSPS) is 10.6. The molecule has 0 aliphatic carbocycles. The first kappa shape index (κ1) is 11.0. The topological polar surface area (TPSA) is 43.6 Å². The van der Waals surface area contributed by atoms with Crippen molar-refractivity contribution >= 4 is 23.2 Å². The number of halogens is 1. The molecule has 4 nitrogen and oxygen atoms in total. The van der Waals surface area contributed by atoms with E-state index in [1.165, 1.54) is 0 Å². The minimum absolute atomic E-state index is 0.172. The number of fused-ring (bicyclic) bond motifs is 1. The maximum absolute atomic E-state index is 11.3. The number of rotatable bonds is 3. The molecule has 16 heavy (non-hydrogen) atoms. The molecule has 0 saturated heterocycles. The predicted octanol–water partition coefficient (Wildman–Crippen LogP) is 2.09. The van der Waals surface area contributed by atoms with Gasteiger partial charge in [-0.1, -0.05) is 11.6 Å². The second-order valence-electron chi connectivity index (χ2n) is 3.30. The van der Waals surface area contributed by atoms with E-state index in [1.54, 1.807) is 23.6 Å². The molecule has 0 aliphatic heterocycles. The third-order valence-electron chi connectivity index (χ3n) is 2.12. The highest BCUT2D eigenvalue weighted by molar-refractivity contribution is 6.33. The maximum Gasteiger partial charge on any atom is 0.311 e. The van der Waals surface area contributed by atoms with Gasteiger partial charge in [-0.3, -0.25) is 4.79 Å². The van der Waals surface area contributed by atoms with Crippen molar-refractivity contribution in [3.63, 3.8) is 0 Å². The molecule has 0 saturated carbocycles. The fraction of sp³-hybridized carbons (Fsp3) is 0.273. The van der Waals surface area contributed by atoms with Crippen LogP contribution in [-0.4, -0.2) is 22.0 Å². The second kappa shape index (κ2) is 4.53. The molecule has 0 aliphatic rings. The lowest BCUT2D eigenvalue weighted by Gasteiger charge is -1.97. The van der Waals surface area contributed by atoms with Gasteiger partial charge in [0.2, 0.25) is 0 Å². The molecule has 2 aromatic rings. The Morgan fingerprint density at radius 3 is 3.12 bits per heavy atom. The molecular weight excluding hydrogens is 228 g/mol. The average Bonchev–Trinajstić information content (AvgIpc) is 2.62. The van der Waals surface area contributed by atoms with Crippen molar-refractivity contribution < 1.29 is 9.53 Å². The van der Waals surface area contributed by atoms with E-state index < -0.39 is 0 Å². The van der Waals surface area contributed by atoms with Gasteiger partial charge in [0.05, 0.1) is 23.7 Å². The molecule has 5 heteroatoms. The Morgan fingerprint density at radius 1 is 1.62 bits per heavy atom. The largest absolute Gasteiger partial charge is 0.466 e. The van der Waals surface area contributed by atoms with Gasteiger partial charge < -0.3 is 9.14 Å². The summed E-state index contributed by atoms with van der Waals surface area (Å²) in [6.45, 7) is 2.16. The van der Waals surface area contributed by atoms with Crippen molar-refractivity contribution in [1.29, 1.82) is 0 Å². The van der Waals surface area contributed by atoms with Crippen LogP contribution in [0.25, 0.3) is 5.65 Å². The first-order chi connectivity index (χ1) is 7.70. The summed E-state index contributed by atoms with van der Waals surface area (Å²) in [7, 11) is 0. The minimum Gasteiger partial charge on any atom is -0.466 e. The summed E-state index contributed by atoms with van der Waals surface area (Å²) in [6.07, 6.45) is 3.78. The van der Waals surface area contributed by atoms with E-state index in [-0.39, 0.29) is 12.4 Å². The molecule has 0 atom stereocenters. The summed E-state index contributed by atoms with van der Waals surface area (Å²) in [5, 5.41) is 0.567. The van der Waals surface area contributed by atoms with Gasteiger partial charge in [0.1, 0.15) is 0 Å². The monoisotopic (exact) mass is 238 g/mol. The third-order valence-corrected chi connectivity index (χ3v) is 2.41. The maximum atomic E-state index is 11.3. The number of ether oxygens (including phenoxy) is 1. The fourth-order valence-electron chi connectivity index (χ4n) is 1.47. The molecule has 0 amide bonds. The summed E-state index contributed by atoms with van der Waals surface area (Å²) in [4.78, 5) is 15.5. The predicted molar refractivity (Wildman–Crippen MR) is 60.5 cm³/mol. The summed E-state index contributed by atoms with van der Waals surface area (Å²) < 4.78 is 6.64. The van der Waals surface area contributed by atoms with Gasteiger partial charge in [0.15, 0.2) is 5.65 Å². The fourth-order valence-corrected chi connectivity index (χ4v) is 1.69. The summed E-state index contributed by atoms with van der Waals surface area (Å²) in [6, 6.07) is 3.59. The van der Waals surface area contributed by atoms with Crippen molar-refractivity contribution in [1.82, 2.24) is 9.38 Å². The van der Waals surface area contributed by atoms with Crippen LogP contribution >= 0.6 is 11.6 Å². The van der Waals surface area contributed by atoms with Crippen molar-refractivity contribution in [2.24, 2.45) is 0 Å². The molecule has 2 aromatic heterocycles. The number of hydrogen-bond donors (Lipinski definition) is 0. The van der Waals surface area contributed by atoms with Gasteiger partial charge in [-0.15, -0.1) is 0 Å². The first-order valence-electron chi connectivity index (χ1n) is 4.98. The van der Waals surface area contributed by atoms with E-state index in [4.69, 9.17) is 16.3 Å². The SMILES string of the molecule is CCOC(=O)Cc1cn2cccc(Cl)c2n1. The number of carbonyl (C=O) groups is 1.